The second-order valence-electron chi connectivity index (χ2n) is 24.1. The minimum Gasteiger partial charge on any atom is -0.462 e. The van der Waals surface area contributed by atoms with E-state index in [9.17, 15) is 43.2 Å². The van der Waals surface area contributed by atoms with Gasteiger partial charge in [0.25, 0.3) is 0 Å². The van der Waals surface area contributed by atoms with Gasteiger partial charge in [-0.15, -0.1) is 0 Å². The zero-order valence-electron chi connectivity index (χ0n) is 61.5. The SMILES string of the molecule is CC/C=C\C/C=C\C/C=C\C/C=C\C/C=C\CC(=O)OCC(COP(=O)(O)OCC(O)COP(=O)(O)OCC(COC(=O)CCCCCC/C=C\C/C=C\C/C=C\C/C=C\CC)OC(=O)CCCCCCCCCCCCCCC)OC(=O)C/C=C\C/C=C\C/C=C\C/C=C\C/C=C\CC. The van der Waals surface area contributed by atoms with Crippen molar-refractivity contribution in [3.63, 3.8) is 0 Å². The molecular formula is C81H130O17P2. The molecular weight excluding hydrogens is 1310 g/mol. The van der Waals surface area contributed by atoms with Crippen LogP contribution in [0.3, 0.4) is 0 Å². The van der Waals surface area contributed by atoms with Gasteiger partial charge in [-0.05, 0) is 116 Å². The minimum atomic E-state index is -5.02. The molecule has 0 radical (unpaired) electrons. The van der Waals surface area contributed by atoms with Gasteiger partial charge in [0.05, 0.1) is 39.3 Å². The van der Waals surface area contributed by atoms with Gasteiger partial charge in [0.2, 0.25) is 0 Å². The van der Waals surface area contributed by atoms with Gasteiger partial charge < -0.3 is 33.8 Å². The lowest BCUT2D eigenvalue weighted by Crippen LogP contribution is -2.30. The molecule has 0 aromatic carbocycles. The highest BCUT2D eigenvalue weighted by molar-refractivity contribution is 7.47. The Morgan fingerprint density at radius 1 is 0.300 bits per heavy atom. The molecule has 0 bridgehead atoms. The molecule has 0 saturated carbocycles. The van der Waals surface area contributed by atoms with Gasteiger partial charge in [-0.3, -0.25) is 37.3 Å². The summed E-state index contributed by atoms with van der Waals surface area (Å²) >= 11 is 0. The fourth-order valence-corrected chi connectivity index (χ4v) is 10.8. The van der Waals surface area contributed by atoms with Crippen LogP contribution in [0.1, 0.15) is 259 Å². The van der Waals surface area contributed by atoms with Crippen LogP contribution in [0.4, 0.5) is 0 Å². The highest BCUT2D eigenvalue weighted by Gasteiger charge is 2.30. The van der Waals surface area contributed by atoms with Gasteiger partial charge in [-0.2, -0.15) is 0 Å². The summed E-state index contributed by atoms with van der Waals surface area (Å²) in [6.45, 7) is 4.24. The molecule has 566 valence electrons. The van der Waals surface area contributed by atoms with Crippen molar-refractivity contribution in [1.29, 1.82) is 0 Å². The number of hydrogen-bond donors (Lipinski definition) is 3. The number of allylic oxidation sites excluding steroid dienone is 26. The maximum absolute atomic E-state index is 13.1. The first-order valence-corrected chi connectivity index (χ1v) is 40.4. The van der Waals surface area contributed by atoms with Crippen LogP contribution in [0.5, 0.6) is 0 Å². The molecule has 0 saturated heterocycles. The molecule has 0 spiro atoms. The molecule has 17 nitrogen and oxygen atoms in total. The quantitative estimate of drug-likeness (QED) is 0.0169. The topological polar surface area (TPSA) is 237 Å². The largest absolute Gasteiger partial charge is 0.472 e. The van der Waals surface area contributed by atoms with Crippen LogP contribution in [0.25, 0.3) is 0 Å². The highest BCUT2D eigenvalue weighted by atomic mass is 31.2. The Morgan fingerprint density at radius 3 is 0.930 bits per heavy atom. The molecule has 3 N–H and O–H groups in total. The fourth-order valence-electron chi connectivity index (χ4n) is 9.18. The third-order valence-electron chi connectivity index (χ3n) is 14.8. The van der Waals surface area contributed by atoms with Gasteiger partial charge in [0, 0.05) is 12.8 Å². The third-order valence-corrected chi connectivity index (χ3v) is 16.7. The Bertz CT molecular complexity index is 2570. The van der Waals surface area contributed by atoms with Crippen molar-refractivity contribution in [3.05, 3.63) is 170 Å². The highest BCUT2D eigenvalue weighted by Crippen LogP contribution is 2.45. The standard InChI is InChI=1S/C81H130O17P2/c1-5-9-13-17-21-25-29-33-36-37-40-43-46-50-54-58-62-66-79(84)92-71-76(97-80(85)67-63-59-55-51-47-41-32-28-24-20-16-12-8-4)73-95-99(87,88)93-69-75(82)70-94-100(89,90)96-74-77(98-81(86)68-64-60-56-52-48-44-39-35-31-27-23-19-15-11-7-3)72-91-78(83)65-61-57-53-49-45-42-38-34-30-26-22-18-14-10-6-2/h9-11,13-15,21-23,25-27,33-36,38-40,43,45,48-49,52,57,60-61,64,75-77,82H,5-8,12,16-20,24,28-32,37,41-42,44,46-47,50-51,53-56,58-59,62-63,65-74H2,1-4H3,(H,87,88)(H,89,90)/b13-9-,14-10-,15-11-,25-21-,26-22-,27-23-,36-33-,38-34-,39-35-,43-40-,49-45-,52-48-,61-57-,64-60-. The Hall–Kier alpha value is -5.58. The van der Waals surface area contributed by atoms with E-state index in [0.29, 0.717) is 25.7 Å². The molecule has 100 heavy (non-hydrogen) atoms. The summed E-state index contributed by atoms with van der Waals surface area (Å²) in [4.78, 5) is 72.7. The van der Waals surface area contributed by atoms with E-state index in [0.717, 1.165) is 128 Å². The number of carbonyl (C=O) groups excluding carboxylic acids is 4. The van der Waals surface area contributed by atoms with E-state index in [-0.39, 0.29) is 25.7 Å². The molecule has 0 fully saturated rings. The Labute approximate surface area is 603 Å². The summed E-state index contributed by atoms with van der Waals surface area (Å²) in [5, 5.41) is 10.6. The number of unbranched alkanes of at least 4 members (excludes halogenated alkanes) is 16. The van der Waals surface area contributed by atoms with Crippen molar-refractivity contribution in [2.75, 3.05) is 39.6 Å². The Kier molecular flexibility index (Phi) is 67.8. The molecule has 0 aliphatic heterocycles. The van der Waals surface area contributed by atoms with Gasteiger partial charge in [0.1, 0.15) is 19.3 Å². The first-order valence-electron chi connectivity index (χ1n) is 37.4. The van der Waals surface area contributed by atoms with Gasteiger partial charge in [-0.25, -0.2) is 9.13 Å². The summed E-state index contributed by atoms with van der Waals surface area (Å²) in [5.74, 6) is -2.51. The zero-order valence-corrected chi connectivity index (χ0v) is 63.3. The number of carbonyl (C=O) groups is 4. The maximum atomic E-state index is 13.1. The Morgan fingerprint density at radius 2 is 0.570 bits per heavy atom. The predicted molar refractivity (Wildman–Crippen MR) is 408 cm³/mol. The number of aliphatic hydroxyl groups excluding tert-OH is 1. The van der Waals surface area contributed by atoms with Crippen molar-refractivity contribution in [2.45, 2.75) is 277 Å². The van der Waals surface area contributed by atoms with Gasteiger partial charge in [-0.1, -0.05) is 288 Å². The van der Waals surface area contributed by atoms with Crippen molar-refractivity contribution >= 4 is 39.5 Å². The van der Waals surface area contributed by atoms with Crippen molar-refractivity contribution in [2.24, 2.45) is 0 Å². The molecule has 19 heteroatoms. The van der Waals surface area contributed by atoms with E-state index in [1.807, 2.05) is 30.4 Å². The Balaban J connectivity index is 5.51. The van der Waals surface area contributed by atoms with Crippen LogP contribution in [0, 0.1) is 0 Å². The summed E-state index contributed by atoms with van der Waals surface area (Å²) in [6, 6.07) is 0. The smallest absolute Gasteiger partial charge is 0.462 e. The number of phosphoric acid groups is 2. The van der Waals surface area contributed by atoms with Crippen LogP contribution in [0.2, 0.25) is 0 Å². The van der Waals surface area contributed by atoms with Gasteiger partial charge in [0.15, 0.2) is 12.2 Å². The van der Waals surface area contributed by atoms with E-state index in [2.05, 4.69) is 149 Å². The van der Waals surface area contributed by atoms with E-state index in [1.165, 1.54) is 51.4 Å². The average Bonchev–Trinajstić information content (AvgIpc) is 0.988. The second kappa shape index (κ2) is 71.8. The fraction of sp³-hybridized carbons (Fsp3) is 0.605. The number of hydrogen-bond acceptors (Lipinski definition) is 15. The number of phosphoric ester groups is 2. The monoisotopic (exact) mass is 1440 g/mol. The van der Waals surface area contributed by atoms with E-state index >= 15 is 0 Å². The molecule has 0 aromatic rings. The molecule has 0 heterocycles. The van der Waals surface area contributed by atoms with Gasteiger partial charge >= 0.3 is 39.5 Å². The molecule has 0 aliphatic carbocycles. The first kappa shape index (κ1) is 94.4. The molecule has 0 amide bonds. The normalized spacial score (nSPS) is 14.9. The summed E-state index contributed by atoms with van der Waals surface area (Å²) in [5.41, 5.74) is 0. The van der Waals surface area contributed by atoms with Crippen molar-refractivity contribution in [1.82, 2.24) is 0 Å². The minimum absolute atomic E-state index is 0.0819. The first-order chi connectivity index (χ1) is 48.7. The third kappa shape index (κ3) is 70.8. The van der Waals surface area contributed by atoms with Crippen molar-refractivity contribution in [3.8, 4) is 0 Å². The molecule has 0 rings (SSSR count). The van der Waals surface area contributed by atoms with E-state index < -0.39 is 97.5 Å². The molecule has 0 aliphatic rings. The van der Waals surface area contributed by atoms with Crippen LogP contribution in [-0.2, 0) is 65.4 Å². The van der Waals surface area contributed by atoms with E-state index in [4.69, 9.17) is 37.0 Å². The van der Waals surface area contributed by atoms with E-state index in [1.54, 1.807) is 18.2 Å². The van der Waals surface area contributed by atoms with Crippen LogP contribution < -0.4 is 0 Å². The lowest BCUT2D eigenvalue weighted by molar-refractivity contribution is -0.161. The summed E-state index contributed by atoms with van der Waals surface area (Å²) < 4.78 is 68.1. The second-order valence-corrected chi connectivity index (χ2v) is 27.0. The number of aliphatic hydroxyl groups is 1. The number of ether oxygens (including phenoxy) is 4. The lowest BCUT2D eigenvalue weighted by Gasteiger charge is -2.21. The molecule has 5 atom stereocenters. The number of rotatable bonds is 68. The van der Waals surface area contributed by atoms with Crippen molar-refractivity contribution < 1.29 is 80.2 Å². The summed E-state index contributed by atoms with van der Waals surface area (Å²) in [6.07, 6.45) is 84.1. The zero-order chi connectivity index (χ0) is 73.2. The average molecular weight is 1440 g/mol. The number of esters is 4. The maximum Gasteiger partial charge on any atom is 0.472 e. The van der Waals surface area contributed by atoms with Crippen LogP contribution in [0.15, 0.2) is 170 Å². The lowest BCUT2D eigenvalue weighted by atomic mass is 10.0. The molecule has 0 aromatic heterocycles. The predicted octanol–water partition coefficient (Wildman–Crippen LogP) is 21.4. The molecule has 5 unspecified atom stereocenters. The summed E-state index contributed by atoms with van der Waals surface area (Å²) in [7, 11) is -10.0. The van der Waals surface area contributed by atoms with Crippen LogP contribution in [-0.4, -0.2) is 96.7 Å². The van der Waals surface area contributed by atoms with Crippen LogP contribution >= 0.6 is 15.6 Å².